The number of aromatic nitrogens is 1. The lowest BCUT2D eigenvalue weighted by atomic mass is 9.93. The molecule has 1 aromatic carbocycles. The lowest BCUT2D eigenvalue weighted by Crippen LogP contribution is -2.30. The van der Waals surface area contributed by atoms with Gasteiger partial charge in [-0.2, -0.15) is 0 Å². The molecule has 1 aromatic heterocycles. The Morgan fingerprint density at radius 3 is 3.05 bits per heavy atom. The number of hydrogen-bond acceptors (Lipinski definition) is 4. The van der Waals surface area contributed by atoms with Crippen LogP contribution in [0.1, 0.15) is 34.8 Å². The summed E-state index contributed by atoms with van der Waals surface area (Å²) in [5.41, 5.74) is 4.83. The topological polar surface area (TPSA) is 45.2 Å². The molecule has 3 nitrogen and oxygen atoms in total. The average Bonchev–Trinajstić information content (AvgIpc) is 2.56. The minimum atomic E-state index is 0.0117. The van der Waals surface area contributed by atoms with Crippen LogP contribution in [0.3, 0.4) is 0 Å². The third-order valence-corrected chi connectivity index (χ3v) is 5.48. The third kappa shape index (κ3) is 3.35. The van der Waals surface area contributed by atoms with Crippen molar-refractivity contribution in [1.82, 2.24) is 10.3 Å². The molecule has 4 heteroatoms. The van der Waals surface area contributed by atoms with E-state index in [1.165, 1.54) is 16.0 Å². The Labute approximate surface area is 136 Å². The monoisotopic (exact) mass is 314 g/mol. The molecule has 2 heterocycles. The average molecular weight is 314 g/mol. The molecule has 2 N–H and O–H groups in total. The summed E-state index contributed by atoms with van der Waals surface area (Å²) in [6.45, 7) is 3.11. The van der Waals surface area contributed by atoms with Gasteiger partial charge >= 0.3 is 0 Å². The molecule has 2 aromatic rings. The predicted molar refractivity (Wildman–Crippen MR) is 91.1 cm³/mol. The molecule has 0 bridgehead atoms. The zero-order valence-corrected chi connectivity index (χ0v) is 13.7. The van der Waals surface area contributed by atoms with Gasteiger partial charge in [-0.25, -0.2) is 0 Å². The van der Waals surface area contributed by atoms with Crippen molar-refractivity contribution in [3.05, 3.63) is 58.9 Å². The fourth-order valence-electron chi connectivity index (χ4n) is 3.01. The minimum absolute atomic E-state index is 0.0117. The van der Waals surface area contributed by atoms with Crippen LogP contribution in [0.5, 0.6) is 0 Å². The van der Waals surface area contributed by atoms with Crippen LogP contribution in [0.25, 0.3) is 0 Å². The zero-order chi connectivity index (χ0) is 15.4. The van der Waals surface area contributed by atoms with Crippen molar-refractivity contribution in [2.75, 3.05) is 12.3 Å². The maximum Gasteiger partial charge on any atom is 0.0856 e. The molecule has 1 atom stereocenters. The molecular formula is C18H22N2OS. The first-order valence-corrected chi connectivity index (χ1v) is 8.77. The summed E-state index contributed by atoms with van der Waals surface area (Å²) in [6, 6.07) is 11.3. The van der Waals surface area contributed by atoms with Crippen molar-refractivity contribution in [3.8, 4) is 0 Å². The molecule has 0 fully saturated rings. The van der Waals surface area contributed by atoms with E-state index in [4.69, 9.17) is 0 Å². The smallest absolute Gasteiger partial charge is 0.0856 e. The lowest BCUT2D eigenvalue weighted by Gasteiger charge is -2.27. The summed E-state index contributed by atoms with van der Waals surface area (Å²) < 4.78 is 0. The zero-order valence-electron chi connectivity index (χ0n) is 12.9. The van der Waals surface area contributed by atoms with Crippen molar-refractivity contribution in [2.24, 2.45) is 0 Å². The molecular weight excluding hydrogens is 292 g/mol. The minimum Gasteiger partial charge on any atom is -0.390 e. The SMILES string of the molecule is Cc1c(SCCC2NCCc3ccccc32)ccnc1CO. The Kier molecular flexibility index (Phi) is 5.13. The Balaban J connectivity index is 1.63. The maximum absolute atomic E-state index is 9.30. The van der Waals surface area contributed by atoms with Gasteiger partial charge in [0.2, 0.25) is 0 Å². The quantitative estimate of drug-likeness (QED) is 0.832. The molecule has 3 rings (SSSR count). The molecule has 0 spiro atoms. The predicted octanol–water partition coefficient (Wildman–Crippen LogP) is 3.25. The molecule has 0 saturated heterocycles. The number of aliphatic hydroxyl groups is 1. The van der Waals surface area contributed by atoms with Gasteiger partial charge in [0.1, 0.15) is 0 Å². The van der Waals surface area contributed by atoms with E-state index in [1.54, 1.807) is 6.20 Å². The molecule has 116 valence electrons. The maximum atomic E-state index is 9.30. The van der Waals surface area contributed by atoms with Crippen LogP contribution in [0.4, 0.5) is 0 Å². The van der Waals surface area contributed by atoms with Crippen molar-refractivity contribution >= 4 is 11.8 Å². The van der Waals surface area contributed by atoms with Crippen LogP contribution < -0.4 is 5.32 Å². The van der Waals surface area contributed by atoms with E-state index in [-0.39, 0.29) is 6.61 Å². The van der Waals surface area contributed by atoms with Crippen LogP contribution >= 0.6 is 11.8 Å². The molecule has 22 heavy (non-hydrogen) atoms. The highest BCUT2D eigenvalue weighted by molar-refractivity contribution is 7.99. The van der Waals surface area contributed by atoms with Gasteiger partial charge in [0.25, 0.3) is 0 Å². The molecule has 1 aliphatic heterocycles. The molecule has 1 aliphatic rings. The van der Waals surface area contributed by atoms with Gasteiger partial charge in [-0.3, -0.25) is 4.98 Å². The number of benzene rings is 1. The van der Waals surface area contributed by atoms with Gasteiger partial charge in [-0.05, 0) is 54.8 Å². The fraction of sp³-hybridized carbons (Fsp3) is 0.389. The van der Waals surface area contributed by atoms with E-state index >= 15 is 0 Å². The number of hydrogen-bond donors (Lipinski definition) is 2. The van der Waals surface area contributed by atoms with Crippen molar-refractivity contribution in [3.63, 3.8) is 0 Å². The first kappa shape index (κ1) is 15.5. The van der Waals surface area contributed by atoms with E-state index in [2.05, 4.69) is 34.6 Å². The highest BCUT2D eigenvalue weighted by Gasteiger charge is 2.18. The standard InChI is InChI=1S/C18H22N2OS/c1-13-17(12-21)20-10-7-18(13)22-11-8-16-15-5-3-2-4-14(15)6-9-19-16/h2-5,7,10,16,19,21H,6,8-9,11-12H2,1H3. The summed E-state index contributed by atoms with van der Waals surface area (Å²) in [5.74, 6) is 1.06. The van der Waals surface area contributed by atoms with Crippen molar-refractivity contribution in [2.45, 2.75) is 37.3 Å². The number of fused-ring (bicyclic) bond motifs is 1. The molecule has 0 radical (unpaired) electrons. The van der Waals surface area contributed by atoms with Gasteiger partial charge in [0.15, 0.2) is 0 Å². The van der Waals surface area contributed by atoms with Gasteiger partial charge < -0.3 is 10.4 Å². The number of rotatable bonds is 5. The van der Waals surface area contributed by atoms with Gasteiger partial charge in [-0.1, -0.05) is 24.3 Å². The third-order valence-electron chi connectivity index (χ3n) is 4.29. The lowest BCUT2D eigenvalue weighted by molar-refractivity contribution is 0.275. The number of nitrogens with zero attached hydrogens (tertiary/aromatic N) is 1. The Morgan fingerprint density at radius 2 is 2.18 bits per heavy atom. The number of nitrogens with one attached hydrogen (secondary N) is 1. The summed E-state index contributed by atoms with van der Waals surface area (Å²) in [4.78, 5) is 5.43. The van der Waals surface area contributed by atoms with Crippen molar-refractivity contribution in [1.29, 1.82) is 0 Å². The second-order valence-electron chi connectivity index (χ2n) is 5.63. The summed E-state index contributed by atoms with van der Waals surface area (Å²) in [6.07, 6.45) is 4.02. The van der Waals surface area contributed by atoms with Gasteiger partial charge in [0.05, 0.1) is 12.3 Å². The Morgan fingerprint density at radius 1 is 1.32 bits per heavy atom. The van der Waals surface area contributed by atoms with Crippen LogP contribution in [-0.2, 0) is 13.0 Å². The largest absolute Gasteiger partial charge is 0.390 e. The first-order chi connectivity index (χ1) is 10.8. The van der Waals surface area contributed by atoms with Crippen LogP contribution in [-0.4, -0.2) is 22.4 Å². The summed E-state index contributed by atoms with van der Waals surface area (Å²) in [7, 11) is 0. The number of pyridine rings is 1. The van der Waals surface area contributed by atoms with Crippen molar-refractivity contribution < 1.29 is 5.11 Å². The van der Waals surface area contributed by atoms with Crippen LogP contribution in [0, 0.1) is 6.92 Å². The molecule has 0 saturated carbocycles. The van der Waals surface area contributed by atoms with Crippen LogP contribution in [0.15, 0.2) is 41.4 Å². The number of aliphatic hydroxyl groups excluding tert-OH is 1. The molecule has 1 unspecified atom stereocenters. The van der Waals surface area contributed by atoms with E-state index in [1.807, 2.05) is 24.8 Å². The van der Waals surface area contributed by atoms with Crippen LogP contribution in [0.2, 0.25) is 0 Å². The summed E-state index contributed by atoms with van der Waals surface area (Å²) >= 11 is 1.85. The van der Waals surface area contributed by atoms with E-state index in [0.717, 1.165) is 36.4 Å². The Hall–Kier alpha value is -1.36. The molecule has 0 aliphatic carbocycles. The fourth-order valence-corrected chi connectivity index (χ4v) is 4.08. The van der Waals surface area contributed by atoms with E-state index in [0.29, 0.717) is 6.04 Å². The van der Waals surface area contributed by atoms with Gasteiger partial charge in [-0.15, -0.1) is 11.8 Å². The molecule has 0 amide bonds. The first-order valence-electron chi connectivity index (χ1n) is 7.79. The number of thioether (sulfide) groups is 1. The highest BCUT2D eigenvalue weighted by Crippen LogP contribution is 2.29. The van der Waals surface area contributed by atoms with E-state index in [9.17, 15) is 5.11 Å². The van der Waals surface area contributed by atoms with Gasteiger partial charge in [0, 0.05) is 17.1 Å². The second kappa shape index (κ2) is 7.27. The summed E-state index contributed by atoms with van der Waals surface area (Å²) in [5, 5.41) is 12.9. The highest BCUT2D eigenvalue weighted by atomic mass is 32.2. The Bertz CT molecular complexity index is 645. The second-order valence-corrected chi connectivity index (χ2v) is 6.77. The normalized spacial score (nSPS) is 17.3. The van der Waals surface area contributed by atoms with E-state index < -0.39 is 0 Å².